The van der Waals surface area contributed by atoms with Gasteiger partial charge < -0.3 is 5.32 Å². The third kappa shape index (κ3) is 4.71. The van der Waals surface area contributed by atoms with E-state index in [1.165, 1.54) is 0 Å². The fraction of sp³-hybridized carbons (Fsp3) is 0.600. The highest BCUT2D eigenvalue weighted by Gasteiger charge is 2.25. The molecule has 0 aromatic heterocycles. The summed E-state index contributed by atoms with van der Waals surface area (Å²) < 4.78 is 27.1. The molecular formula is C15H24N2O2S2. The van der Waals surface area contributed by atoms with Gasteiger partial charge in [0, 0.05) is 25.4 Å². The zero-order valence-electron chi connectivity index (χ0n) is 12.5. The number of rotatable bonds is 6. The van der Waals surface area contributed by atoms with Crippen molar-refractivity contribution >= 4 is 21.8 Å². The molecule has 0 unspecified atom stereocenters. The van der Waals surface area contributed by atoms with Gasteiger partial charge in [-0.2, -0.15) is 16.1 Å². The van der Waals surface area contributed by atoms with Crippen molar-refractivity contribution in [2.24, 2.45) is 0 Å². The van der Waals surface area contributed by atoms with Gasteiger partial charge in [-0.15, -0.1) is 0 Å². The fourth-order valence-corrected chi connectivity index (χ4v) is 4.89. The summed E-state index contributed by atoms with van der Waals surface area (Å²) in [5.74, 6) is 1.93. The lowest BCUT2D eigenvalue weighted by Gasteiger charge is -2.20. The van der Waals surface area contributed by atoms with Crippen LogP contribution in [0.4, 0.5) is 0 Å². The van der Waals surface area contributed by atoms with Gasteiger partial charge in [0.15, 0.2) is 0 Å². The molecule has 0 amide bonds. The fourth-order valence-electron chi connectivity index (χ4n) is 2.34. The van der Waals surface area contributed by atoms with Crippen LogP contribution in [0.2, 0.25) is 0 Å². The van der Waals surface area contributed by atoms with E-state index < -0.39 is 10.0 Å². The Hall–Kier alpha value is -0.560. The maximum Gasteiger partial charge on any atom is 0.243 e. The molecule has 0 bridgehead atoms. The van der Waals surface area contributed by atoms with E-state index in [1.54, 1.807) is 16.4 Å². The van der Waals surface area contributed by atoms with Gasteiger partial charge in [-0.1, -0.05) is 19.1 Å². The van der Waals surface area contributed by atoms with Crippen molar-refractivity contribution in [2.75, 3.05) is 31.1 Å². The Bertz CT molecular complexity index is 538. The average Bonchev–Trinajstić information content (AvgIpc) is 2.77. The Labute approximate surface area is 132 Å². The first-order valence-electron chi connectivity index (χ1n) is 7.52. The van der Waals surface area contributed by atoms with Crippen LogP contribution in [-0.2, 0) is 16.6 Å². The van der Waals surface area contributed by atoms with Crippen LogP contribution in [0, 0.1) is 0 Å². The third-order valence-corrected chi connectivity index (χ3v) is 6.42. The Morgan fingerprint density at radius 2 is 2.14 bits per heavy atom. The summed E-state index contributed by atoms with van der Waals surface area (Å²) in [6, 6.07) is 7.31. The van der Waals surface area contributed by atoms with E-state index in [-0.39, 0.29) is 0 Å². The molecule has 1 heterocycles. The molecule has 1 N–H and O–H groups in total. The van der Waals surface area contributed by atoms with E-state index in [9.17, 15) is 8.42 Å². The summed E-state index contributed by atoms with van der Waals surface area (Å²) in [6.07, 6.45) is 2.01. The maximum absolute atomic E-state index is 12.7. The lowest BCUT2D eigenvalue weighted by molar-refractivity contribution is 0.435. The Balaban J connectivity index is 2.13. The van der Waals surface area contributed by atoms with Gasteiger partial charge in [0.25, 0.3) is 0 Å². The van der Waals surface area contributed by atoms with Gasteiger partial charge in [0.05, 0.1) is 4.90 Å². The minimum absolute atomic E-state index is 0.421. The number of hydrogen-bond donors (Lipinski definition) is 1. The Morgan fingerprint density at radius 1 is 1.29 bits per heavy atom. The topological polar surface area (TPSA) is 49.4 Å². The zero-order valence-corrected chi connectivity index (χ0v) is 14.2. The number of hydrogen-bond acceptors (Lipinski definition) is 4. The molecule has 1 aliphatic rings. The standard InChI is InChI=1S/C15H24N2O2S2/c1-2-7-16-13-14-5-3-6-15(12-14)21(18,19)17-8-4-10-20-11-9-17/h3,5-6,12,16H,2,4,7-11,13H2,1H3. The largest absolute Gasteiger partial charge is 0.313 e. The second-order valence-corrected chi connectivity index (χ2v) is 8.36. The number of nitrogens with one attached hydrogen (secondary N) is 1. The molecule has 1 saturated heterocycles. The van der Waals surface area contributed by atoms with Crippen molar-refractivity contribution in [3.8, 4) is 0 Å². The van der Waals surface area contributed by atoms with Gasteiger partial charge in [-0.25, -0.2) is 8.42 Å². The van der Waals surface area contributed by atoms with Gasteiger partial charge in [-0.3, -0.25) is 0 Å². The molecule has 0 aliphatic carbocycles. The molecule has 6 heteroatoms. The second-order valence-electron chi connectivity index (χ2n) is 5.19. The van der Waals surface area contributed by atoms with E-state index in [0.29, 0.717) is 24.5 Å². The van der Waals surface area contributed by atoms with E-state index in [1.807, 2.05) is 23.9 Å². The molecule has 0 spiro atoms. The number of nitrogens with zero attached hydrogens (tertiary/aromatic N) is 1. The molecule has 1 aromatic rings. The average molecular weight is 329 g/mol. The molecule has 0 radical (unpaired) electrons. The third-order valence-electron chi connectivity index (χ3n) is 3.47. The van der Waals surface area contributed by atoms with Crippen molar-refractivity contribution in [1.29, 1.82) is 0 Å². The van der Waals surface area contributed by atoms with Crippen LogP contribution in [0.15, 0.2) is 29.2 Å². The van der Waals surface area contributed by atoms with Crippen molar-refractivity contribution in [1.82, 2.24) is 9.62 Å². The molecule has 4 nitrogen and oxygen atoms in total. The van der Waals surface area contributed by atoms with E-state index in [4.69, 9.17) is 0 Å². The highest BCUT2D eigenvalue weighted by molar-refractivity contribution is 7.99. The van der Waals surface area contributed by atoms with Gasteiger partial charge >= 0.3 is 0 Å². The van der Waals surface area contributed by atoms with Crippen LogP contribution >= 0.6 is 11.8 Å². The molecule has 2 rings (SSSR count). The predicted molar refractivity (Wildman–Crippen MR) is 89.1 cm³/mol. The summed E-state index contributed by atoms with van der Waals surface area (Å²) in [6.45, 7) is 5.03. The van der Waals surface area contributed by atoms with Crippen LogP contribution in [0.1, 0.15) is 25.3 Å². The molecule has 21 heavy (non-hydrogen) atoms. The van der Waals surface area contributed by atoms with Crippen molar-refractivity contribution in [3.05, 3.63) is 29.8 Å². The lowest BCUT2D eigenvalue weighted by atomic mass is 10.2. The van der Waals surface area contributed by atoms with Crippen LogP contribution in [0.25, 0.3) is 0 Å². The zero-order chi connectivity index (χ0) is 15.1. The quantitative estimate of drug-likeness (QED) is 0.814. The minimum Gasteiger partial charge on any atom is -0.313 e. The minimum atomic E-state index is -3.35. The first-order chi connectivity index (χ1) is 10.1. The van der Waals surface area contributed by atoms with Gasteiger partial charge in [0.2, 0.25) is 10.0 Å². The summed E-state index contributed by atoms with van der Waals surface area (Å²) in [5.41, 5.74) is 1.02. The van der Waals surface area contributed by atoms with Crippen LogP contribution < -0.4 is 5.32 Å². The van der Waals surface area contributed by atoms with E-state index in [2.05, 4.69) is 12.2 Å². The van der Waals surface area contributed by atoms with Crippen LogP contribution in [-0.4, -0.2) is 43.9 Å². The summed E-state index contributed by atoms with van der Waals surface area (Å²) in [7, 11) is -3.35. The van der Waals surface area contributed by atoms with Crippen molar-refractivity contribution < 1.29 is 8.42 Å². The number of sulfonamides is 1. The van der Waals surface area contributed by atoms with E-state index >= 15 is 0 Å². The van der Waals surface area contributed by atoms with Crippen LogP contribution in [0.5, 0.6) is 0 Å². The monoisotopic (exact) mass is 328 g/mol. The van der Waals surface area contributed by atoms with Crippen molar-refractivity contribution in [2.45, 2.75) is 31.2 Å². The first kappa shape index (κ1) is 16.8. The SMILES string of the molecule is CCCNCc1cccc(S(=O)(=O)N2CCCSCC2)c1. The number of thioether (sulfide) groups is 1. The molecule has 1 aromatic carbocycles. The van der Waals surface area contributed by atoms with Crippen LogP contribution in [0.3, 0.4) is 0 Å². The summed E-state index contributed by atoms with van der Waals surface area (Å²) >= 11 is 1.83. The number of benzene rings is 1. The molecule has 1 fully saturated rings. The summed E-state index contributed by atoms with van der Waals surface area (Å²) in [5, 5.41) is 3.31. The molecular weight excluding hydrogens is 304 g/mol. The molecule has 0 saturated carbocycles. The Kier molecular flexibility index (Phi) is 6.54. The molecule has 1 aliphatic heterocycles. The Morgan fingerprint density at radius 3 is 2.95 bits per heavy atom. The highest BCUT2D eigenvalue weighted by atomic mass is 32.2. The highest BCUT2D eigenvalue weighted by Crippen LogP contribution is 2.20. The van der Waals surface area contributed by atoms with E-state index in [0.717, 1.165) is 36.5 Å². The maximum atomic E-state index is 12.7. The normalized spacial score (nSPS) is 17.6. The lowest BCUT2D eigenvalue weighted by Crippen LogP contribution is -2.33. The molecule has 118 valence electrons. The van der Waals surface area contributed by atoms with Crippen molar-refractivity contribution in [3.63, 3.8) is 0 Å². The first-order valence-corrected chi connectivity index (χ1v) is 10.1. The van der Waals surface area contributed by atoms with Gasteiger partial charge in [0.1, 0.15) is 0 Å². The van der Waals surface area contributed by atoms with Gasteiger partial charge in [-0.05, 0) is 42.8 Å². The predicted octanol–water partition coefficient (Wildman–Crippen LogP) is 2.31. The molecule has 0 atom stereocenters. The summed E-state index contributed by atoms with van der Waals surface area (Å²) in [4.78, 5) is 0.421. The second kappa shape index (κ2) is 8.17. The smallest absolute Gasteiger partial charge is 0.243 e.